The first-order chi connectivity index (χ1) is 21.5. The van der Waals surface area contributed by atoms with Crippen molar-refractivity contribution in [3.63, 3.8) is 0 Å². The first kappa shape index (κ1) is 33.8. The van der Waals surface area contributed by atoms with E-state index in [1.54, 1.807) is 6.07 Å². The molecule has 0 aromatic heterocycles. The molecule has 2 aromatic rings. The number of carboxylic acids is 1. The quantitative estimate of drug-likeness (QED) is 0.332. The topological polar surface area (TPSA) is 95.9 Å². The number of rotatable bonds is 6. The molecule has 2 bridgehead atoms. The maximum absolute atomic E-state index is 13.4. The van der Waals surface area contributed by atoms with Gasteiger partial charge in [0.05, 0.1) is 23.5 Å². The normalized spacial score (nSPS) is 29.8. The van der Waals surface area contributed by atoms with Crippen molar-refractivity contribution >= 4 is 40.2 Å². The average molecular weight is 657 g/mol. The van der Waals surface area contributed by atoms with E-state index >= 15 is 0 Å². The number of halogens is 1. The number of nitrogens with zero attached hydrogens (tertiary/aromatic N) is 1. The second-order valence-electron chi connectivity index (χ2n) is 13.8. The number of aliphatic carboxylic acids is 1. The minimum Gasteiger partial charge on any atom is -0.491 e. The predicted octanol–water partition coefficient (Wildman–Crippen LogP) is 7.63. The van der Waals surface area contributed by atoms with Crippen LogP contribution in [-0.2, 0) is 22.2 Å². The van der Waals surface area contributed by atoms with Crippen LogP contribution in [-0.4, -0.2) is 46.1 Å². The molecule has 7 nitrogen and oxygen atoms in total. The van der Waals surface area contributed by atoms with E-state index in [1.807, 2.05) is 32.0 Å². The van der Waals surface area contributed by atoms with Crippen molar-refractivity contribution in [2.45, 2.75) is 90.2 Å². The highest BCUT2D eigenvalue weighted by atomic mass is 35.5. The fourth-order valence-electron chi connectivity index (χ4n) is 7.63. The van der Waals surface area contributed by atoms with Crippen LogP contribution >= 0.6 is 11.6 Å². The van der Waals surface area contributed by atoms with Gasteiger partial charge in [0.1, 0.15) is 16.7 Å². The molecule has 2 N–H and O–H groups in total. The molecule has 0 radical (unpaired) electrons. The lowest BCUT2D eigenvalue weighted by Gasteiger charge is -2.45. The van der Waals surface area contributed by atoms with E-state index in [0.29, 0.717) is 36.3 Å². The Bertz CT molecular complexity index is 1400. The molecule has 1 saturated carbocycles. The first-order valence-electron chi connectivity index (χ1n) is 16.8. The van der Waals surface area contributed by atoms with Gasteiger partial charge in [-0.25, -0.2) is 4.21 Å². The summed E-state index contributed by atoms with van der Waals surface area (Å²) in [7, 11) is -1.53. The molecular formula is C36H49ClN2O5S. The van der Waals surface area contributed by atoms with Crippen LogP contribution in [0, 0.1) is 29.6 Å². The highest BCUT2D eigenvalue weighted by Gasteiger charge is 2.40. The largest absolute Gasteiger partial charge is 0.491 e. The number of fused-ring (bicyclic) bond motifs is 2. The van der Waals surface area contributed by atoms with Crippen LogP contribution in [0.5, 0.6) is 5.75 Å². The molecule has 246 valence electrons. The molecule has 2 aliphatic heterocycles. The second kappa shape index (κ2) is 14.9. The highest BCUT2D eigenvalue weighted by Crippen LogP contribution is 2.47. The van der Waals surface area contributed by atoms with Crippen molar-refractivity contribution in [3.8, 4) is 5.75 Å². The number of carboxylic acid groups (broad SMARTS) is 1. The Morgan fingerprint density at radius 3 is 2.64 bits per heavy atom. The minimum atomic E-state index is -1.53. The van der Waals surface area contributed by atoms with Gasteiger partial charge in [0.15, 0.2) is 0 Å². The molecule has 9 heteroatoms. The van der Waals surface area contributed by atoms with Gasteiger partial charge in [0.2, 0.25) is 0 Å². The molecule has 8 atom stereocenters. The number of benzene rings is 2. The van der Waals surface area contributed by atoms with Crippen molar-refractivity contribution in [1.82, 2.24) is 4.72 Å². The molecule has 2 aromatic carbocycles. The van der Waals surface area contributed by atoms with Crippen LogP contribution in [0.25, 0.3) is 0 Å². The van der Waals surface area contributed by atoms with Crippen LogP contribution in [0.3, 0.4) is 0 Å². The molecule has 3 aliphatic rings. The summed E-state index contributed by atoms with van der Waals surface area (Å²) >= 11 is 6.42. The highest BCUT2D eigenvalue weighted by molar-refractivity contribution is 7.84. The number of carbonyl (C=O) groups excluding carboxylic acids is 1. The van der Waals surface area contributed by atoms with E-state index in [9.17, 15) is 18.9 Å². The number of amides is 1. The number of ether oxygens (including phenoxy) is 1. The van der Waals surface area contributed by atoms with E-state index in [1.165, 1.54) is 11.1 Å². The standard InChI is InChI=1S/C36H49ClN2O5S/c1-5-7-25-17-30(37)12-14-32(25)29-20-39-19-28-10-13-31(28)26(16-23(3)36(41)42)9-6-8-22(2)24(4)45(43)38-35(40)27-11-15-34(44-21-29)33(39)18-27/h11-12,14-15,17-18,22-24,26,28-29,31H,5-10,13,16,19-21H2,1-4H3,(H,38,40)(H,41,42)/t22?,23-,24?,26?,28?,29?,31?,45?/m0/s1. The third-order valence-electron chi connectivity index (χ3n) is 10.7. The van der Waals surface area contributed by atoms with E-state index in [0.717, 1.165) is 74.5 Å². The summed E-state index contributed by atoms with van der Waals surface area (Å²) in [6.45, 7) is 10.1. The van der Waals surface area contributed by atoms with Crippen molar-refractivity contribution in [1.29, 1.82) is 0 Å². The number of hydrogen-bond donors (Lipinski definition) is 2. The van der Waals surface area contributed by atoms with Crippen molar-refractivity contribution in [3.05, 3.63) is 58.1 Å². The lowest BCUT2D eigenvalue weighted by molar-refractivity contribution is -0.142. The Labute approximate surface area is 276 Å². The summed E-state index contributed by atoms with van der Waals surface area (Å²) in [4.78, 5) is 27.7. The first-order valence-corrected chi connectivity index (χ1v) is 18.4. The summed E-state index contributed by atoms with van der Waals surface area (Å²) in [6.07, 6.45) is 7.66. The van der Waals surface area contributed by atoms with Gasteiger partial charge in [-0.3, -0.25) is 14.3 Å². The Hall–Kier alpha value is -2.58. The third kappa shape index (κ3) is 7.87. The summed E-state index contributed by atoms with van der Waals surface area (Å²) in [5.74, 6) is 0.761. The molecule has 1 amide bonds. The van der Waals surface area contributed by atoms with Gasteiger partial charge in [0.25, 0.3) is 5.91 Å². The Morgan fingerprint density at radius 1 is 1.13 bits per heavy atom. The fourth-order valence-corrected chi connectivity index (χ4v) is 8.87. The molecule has 7 unspecified atom stereocenters. The van der Waals surface area contributed by atoms with Gasteiger partial charge in [0, 0.05) is 29.6 Å². The Balaban J connectivity index is 1.52. The number of hydrogen-bond acceptors (Lipinski definition) is 5. The van der Waals surface area contributed by atoms with Crippen molar-refractivity contribution in [2.24, 2.45) is 29.6 Å². The fraction of sp³-hybridized carbons (Fsp3) is 0.611. The maximum Gasteiger partial charge on any atom is 0.306 e. The predicted molar refractivity (Wildman–Crippen MR) is 182 cm³/mol. The molecule has 45 heavy (non-hydrogen) atoms. The van der Waals surface area contributed by atoms with Crippen LogP contribution < -0.4 is 14.4 Å². The summed E-state index contributed by atoms with van der Waals surface area (Å²) in [5.41, 5.74) is 3.85. The van der Waals surface area contributed by atoms with Crippen LogP contribution in [0.15, 0.2) is 36.4 Å². The molecule has 1 fully saturated rings. The zero-order valence-electron chi connectivity index (χ0n) is 27.1. The van der Waals surface area contributed by atoms with E-state index in [4.69, 9.17) is 16.3 Å². The molecular weight excluding hydrogens is 608 g/mol. The second-order valence-corrected chi connectivity index (χ2v) is 15.7. The zero-order chi connectivity index (χ0) is 32.2. The summed E-state index contributed by atoms with van der Waals surface area (Å²) in [6, 6.07) is 11.7. The summed E-state index contributed by atoms with van der Waals surface area (Å²) < 4.78 is 22.5. The number of carbonyl (C=O) groups is 2. The molecule has 5 rings (SSSR count). The summed E-state index contributed by atoms with van der Waals surface area (Å²) in [5, 5.41) is 10.3. The third-order valence-corrected chi connectivity index (χ3v) is 12.4. The number of nitrogens with one attached hydrogen (secondary N) is 1. The number of aryl methyl sites for hydroxylation is 1. The van der Waals surface area contributed by atoms with Gasteiger partial charge >= 0.3 is 5.97 Å². The van der Waals surface area contributed by atoms with Gasteiger partial charge in [-0.15, -0.1) is 0 Å². The zero-order valence-corrected chi connectivity index (χ0v) is 28.7. The molecule has 0 saturated heterocycles. The average Bonchev–Trinajstić information content (AvgIpc) is 3.17. The lowest BCUT2D eigenvalue weighted by atomic mass is 9.63. The lowest BCUT2D eigenvalue weighted by Crippen LogP contribution is -2.43. The van der Waals surface area contributed by atoms with Gasteiger partial charge in [-0.1, -0.05) is 57.7 Å². The monoisotopic (exact) mass is 656 g/mol. The molecule has 2 heterocycles. The Morgan fingerprint density at radius 2 is 1.93 bits per heavy atom. The van der Waals surface area contributed by atoms with Crippen molar-refractivity contribution in [2.75, 3.05) is 24.6 Å². The SMILES string of the molecule is CCCc1cc(Cl)ccc1C1COc2ccc3cc2N(C1)CC1CCC1C(C[C@H](C)C(=O)O)CCCC(C)C(C)S(=O)NC3=O. The van der Waals surface area contributed by atoms with Crippen LogP contribution in [0.1, 0.15) is 100 Å². The van der Waals surface area contributed by atoms with Gasteiger partial charge < -0.3 is 14.7 Å². The van der Waals surface area contributed by atoms with Gasteiger partial charge in [-0.05, 0) is 104 Å². The van der Waals surface area contributed by atoms with Crippen molar-refractivity contribution < 1.29 is 23.6 Å². The van der Waals surface area contributed by atoms with Gasteiger partial charge in [-0.2, -0.15) is 0 Å². The molecule has 1 aliphatic carbocycles. The smallest absolute Gasteiger partial charge is 0.306 e. The molecule has 0 spiro atoms. The maximum atomic E-state index is 13.4. The van der Waals surface area contributed by atoms with E-state index in [-0.39, 0.29) is 28.9 Å². The van der Waals surface area contributed by atoms with E-state index in [2.05, 4.69) is 35.6 Å². The minimum absolute atomic E-state index is 0.107. The Kier molecular flexibility index (Phi) is 11.2. The van der Waals surface area contributed by atoms with Crippen LogP contribution in [0.2, 0.25) is 5.02 Å². The number of anilines is 1. The van der Waals surface area contributed by atoms with E-state index < -0.39 is 17.0 Å². The van der Waals surface area contributed by atoms with Crippen LogP contribution in [0.4, 0.5) is 5.69 Å².